The molecule has 7 heteroatoms. The van der Waals surface area contributed by atoms with E-state index in [-0.39, 0.29) is 5.91 Å². The molecule has 0 saturated carbocycles. The highest BCUT2D eigenvalue weighted by Gasteiger charge is 2.23. The number of para-hydroxylation sites is 1. The lowest BCUT2D eigenvalue weighted by Gasteiger charge is -2.25. The zero-order valence-electron chi connectivity index (χ0n) is 17.3. The number of fused-ring (bicyclic) bond motifs is 1. The molecule has 0 N–H and O–H groups in total. The number of methoxy groups -OCH3 is 2. The van der Waals surface area contributed by atoms with E-state index >= 15 is 0 Å². The van der Waals surface area contributed by atoms with Crippen molar-refractivity contribution in [3.63, 3.8) is 0 Å². The third kappa shape index (κ3) is 4.68. The first-order valence-electron chi connectivity index (χ1n) is 9.73. The highest BCUT2D eigenvalue weighted by Crippen LogP contribution is 2.32. The van der Waals surface area contributed by atoms with Crippen molar-refractivity contribution in [2.45, 2.75) is 13.8 Å². The van der Waals surface area contributed by atoms with E-state index in [4.69, 9.17) is 14.5 Å². The first-order valence-corrected chi connectivity index (χ1v) is 10.5. The summed E-state index contributed by atoms with van der Waals surface area (Å²) in [6.45, 7) is 7.48. The van der Waals surface area contributed by atoms with Crippen molar-refractivity contribution in [1.82, 2.24) is 9.88 Å². The van der Waals surface area contributed by atoms with Crippen LogP contribution in [0.2, 0.25) is 0 Å². The summed E-state index contributed by atoms with van der Waals surface area (Å²) in [5, 5.41) is 0.707. The number of hydrogen-bond donors (Lipinski definition) is 0. The monoisotopic (exact) mass is 413 g/mol. The molecule has 0 saturated heterocycles. The van der Waals surface area contributed by atoms with E-state index in [2.05, 4.69) is 18.7 Å². The number of hydrogen-bond acceptors (Lipinski definition) is 6. The first-order chi connectivity index (χ1) is 14.1. The van der Waals surface area contributed by atoms with Crippen molar-refractivity contribution >= 4 is 32.6 Å². The smallest absolute Gasteiger partial charge is 0.260 e. The van der Waals surface area contributed by atoms with Crippen LogP contribution in [0.5, 0.6) is 11.5 Å². The normalized spacial score (nSPS) is 11.1. The van der Waals surface area contributed by atoms with Gasteiger partial charge in [0.1, 0.15) is 0 Å². The topological polar surface area (TPSA) is 54.9 Å². The number of ether oxygens (including phenoxy) is 2. The van der Waals surface area contributed by atoms with Crippen molar-refractivity contribution in [2.24, 2.45) is 0 Å². The quantitative estimate of drug-likeness (QED) is 0.523. The van der Waals surface area contributed by atoms with Crippen molar-refractivity contribution in [3.8, 4) is 11.5 Å². The molecule has 0 aliphatic carbocycles. The lowest BCUT2D eigenvalue weighted by atomic mass is 10.1. The van der Waals surface area contributed by atoms with Crippen molar-refractivity contribution in [3.05, 3.63) is 48.0 Å². The zero-order valence-corrected chi connectivity index (χ0v) is 18.2. The van der Waals surface area contributed by atoms with Crippen LogP contribution in [0, 0.1) is 0 Å². The van der Waals surface area contributed by atoms with Gasteiger partial charge in [0.25, 0.3) is 5.91 Å². The molecular weight excluding hydrogens is 386 g/mol. The van der Waals surface area contributed by atoms with Crippen LogP contribution in [-0.4, -0.2) is 56.2 Å². The third-order valence-corrected chi connectivity index (χ3v) is 5.98. The van der Waals surface area contributed by atoms with Crippen molar-refractivity contribution < 1.29 is 14.3 Å². The van der Waals surface area contributed by atoms with Gasteiger partial charge in [0, 0.05) is 18.7 Å². The standard InChI is InChI=1S/C22H27N3O3S/c1-5-24(6-2)13-14-25(22-23-17-9-7-8-10-20(17)29-22)21(26)16-11-12-18(27-3)19(15-16)28-4/h7-12,15H,5-6,13-14H2,1-4H3. The Morgan fingerprint density at radius 3 is 2.38 bits per heavy atom. The molecular formula is C22H27N3O3S. The Morgan fingerprint density at radius 2 is 1.72 bits per heavy atom. The van der Waals surface area contributed by atoms with E-state index in [9.17, 15) is 4.79 Å². The molecule has 6 nitrogen and oxygen atoms in total. The van der Waals surface area contributed by atoms with Gasteiger partial charge < -0.3 is 14.4 Å². The number of likely N-dealkylation sites (N-methyl/N-ethyl adjacent to an activating group) is 1. The molecule has 154 valence electrons. The Hall–Kier alpha value is -2.64. The molecule has 0 bridgehead atoms. The number of aromatic nitrogens is 1. The predicted octanol–water partition coefficient (Wildman–Crippen LogP) is 4.30. The molecule has 0 fully saturated rings. The molecule has 0 atom stereocenters. The fourth-order valence-corrected chi connectivity index (χ4v) is 4.16. The largest absolute Gasteiger partial charge is 0.493 e. The minimum Gasteiger partial charge on any atom is -0.493 e. The van der Waals surface area contributed by atoms with E-state index < -0.39 is 0 Å². The van der Waals surface area contributed by atoms with Crippen LogP contribution in [0.3, 0.4) is 0 Å². The van der Waals surface area contributed by atoms with Crippen LogP contribution in [-0.2, 0) is 0 Å². The second kappa shape index (κ2) is 9.71. The number of anilines is 1. The lowest BCUT2D eigenvalue weighted by molar-refractivity contribution is 0.0983. The van der Waals surface area contributed by atoms with E-state index in [1.807, 2.05) is 24.3 Å². The Bertz CT molecular complexity index is 936. The number of carbonyl (C=O) groups is 1. The maximum Gasteiger partial charge on any atom is 0.260 e. The second-order valence-corrected chi connectivity index (χ2v) is 7.53. The number of nitrogens with zero attached hydrogens (tertiary/aromatic N) is 3. The summed E-state index contributed by atoms with van der Waals surface area (Å²) >= 11 is 1.53. The lowest BCUT2D eigenvalue weighted by Crippen LogP contribution is -2.38. The maximum absolute atomic E-state index is 13.5. The van der Waals surface area contributed by atoms with E-state index in [0.717, 1.165) is 29.9 Å². The Kier molecular flexibility index (Phi) is 7.06. The molecule has 2 aromatic carbocycles. The van der Waals surface area contributed by atoms with Gasteiger partial charge in [0.15, 0.2) is 16.6 Å². The number of thiazole rings is 1. The molecule has 1 aromatic heterocycles. The summed E-state index contributed by atoms with van der Waals surface area (Å²) in [7, 11) is 3.15. The molecule has 1 amide bonds. The highest BCUT2D eigenvalue weighted by atomic mass is 32.1. The second-order valence-electron chi connectivity index (χ2n) is 6.52. The van der Waals surface area contributed by atoms with Gasteiger partial charge in [0.05, 0.1) is 24.4 Å². The van der Waals surface area contributed by atoms with Gasteiger partial charge in [-0.05, 0) is 43.4 Å². The fourth-order valence-electron chi connectivity index (χ4n) is 3.17. The Morgan fingerprint density at radius 1 is 1.00 bits per heavy atom. The molecule has 3 rings (SSSR count). The molecule has 0 aliphatic heterocycles. The van der Waals surface area contributed by atoms with Gasteiger partial charge in [-0.15, -0.1) is 0 Å². The summed E-state index contributed by atoms with van der Waals surface area (Å²) in [6, 6.07) is 13.2. The summed E-state index contributed by atoms with van der Waals surface area (Å²) in [5.74, 6) is 1.03. The molecule has 0 spiro atoms. The van der Waals surface area contributed by atoms with Crippen molar-refractivity contribution in [2.75, 3.05) is 45.3 Å². The highest BCUT2D eigenvalue weighted by molar-refractivity contribution is 7.22. The number of benzene rings is 2. The summed E-state index contributed by atoms with van der Waals surface area (Å²) < 4.78 is 11.7. The number of rotatable bonds is 9. The SMILES string of the molecule is CCN(CC)CCN(C(=O)c1ccc(OC)c(OC)c1)c1nc2ccccc2s1. The average molecular weight is 414 g/mol. The number of amides is 1. The van der Waals surface area contributed by atoms with Crippen LogP contribution in [0.4, 0.5) is 5.13 Å². The van der Waals surface area contributed by atoms with E-state index in [1.165, 1.54) is 11.3 Å². The molecule has 0 aliphatic rings. The van der Waals surface area contributed by atoms with Gasteiger partial charge in [-0.3, -0.25) is 9.69 Å². The predicted molar refractivity (Wildman–Crippen MR) is 119 cm³/mol. The Balaban J connectivity index is 1.96. The Labute approximate surface area is 175 Å². The molecule has 1 heterocycles. The van der Waals surface area contributed by atoms with Crippen LogP contribution in [0.15, 0.2) is 42.5 Å². The molecule has 29 heavy (non-hydrogen) atoms. The van der Waals surface area contributed by atoms with Gasteiger partial charge >= 0.3 is 0 Å². The van der Waals surface area contributed by atoms with Crippen LogP contribution < -0.4 is 14.4 Å². The average Bonchev–Trinajstić information content (AvgIpc) is 3.19. The summed E-state index contributed by atoms with van der Waals surface area (Å²) in [6.07, 6.45) is 0. The third-order valence-electron chi connectivity index (χ3n) is 4.92. The zero-order chi connectivity index (χ0) is 20.8. The van der Waals surface area contributed by atoms with Gasteiger partial charge in [0.2, 0.25) is 0 Å². The fraction of sp³-hybridized carbons (Fsp3) is 0.364. The van der Waals surface area contributed by atoms with Crippen LogP contribution in [0.1, 0.15) is 24.2 Å². The first kappa shape index (κ1) is 21.1. The van der Waals surface area contributed by atoms with Gasteiger partial charge in [-0.25, -0.2) is 4.98 Å². The van der Waals surface area contributed by atoms with Gasteiger partial charge in [-0.2, -0.15) is 0 Å². The molecule has 0 radical (unpaired) electrons. The van der Waals surface area contributed by atoms with E-state index in [1.54, 1.807) is 37.3 Å². The summed E-state index contributed by atoms with van der Waals surface area (Å²) in [5.41, 5.74) is 1.45. The molecule has 0 unspecified atom stereocenters. The van der Waals surface area contributed by atoms with Crippen molar-refractivity contribution in [1.29, 1.82) is 0 Å². The minimum atomic E-state index is -0.0998. The summed E-state index contributed by atoms with van der Waals surface area (Å²) in [4.78, 5) is 22.2. The van der Waals surface area contributed by atoms with E-state index in [0.29, 0.717) is 28.7 Å². The molecule has 3 aromatic rings. The maximum atomic E-state index is 13.5. The minimum absolute atomic E-state index is 0.0998. The van der Waals surface area contributed by atoms with Crippen LogP contribution in [0.25, 0.3) is 10.2 Å². The number of carbonyl (C=O) groups excluding carboxylic acids is 1. The van der Waals surface area contributed by atoms with Crippen LogP contribution >= 0.6 is 11.3 Å². The van der Waals surface area contributed by atoms with Gasteiger partial charge in [-0.1, -0.05) is 37.3 Å².